The predicted molar refractivity (Wildman–Crippen MR) is 97.6 cm³/mol. The number of nitrogens with one attached hydrogen (secondary N) is 1. The Labute approximate surface area is 147 Å². The highest BCUT2D eigenvalue weighted by Gasteiger charge is 2.41. The summed E-state index contributed by atoms with van der Waals surface area (Å²) in [7, 11) is 1.93. The molecule has 2 aromatic heterocycles. The average Bonchev–Trinajstić information content (AvgIpc) is 3.16. The van der Waals surface area contributed by atoms with E-state index in [0.29, 0.717) is 18.4 Å². The molecule has 2 heterocycles. The van der Waals surface area contributed by atoms with Gasteiger partial charge in [0.2, 0.25) is 0 Å². The maximum atomic E-state index is 12.6. The average molecular weight is 357 g/mol. The van der Waals surface area contributed by atoms with Crippen molar-refractivity contribution in [1.29, 1.82) is 0 Å². The molecule has 2 aromatic rings. The Balaban J connectivity index is 0.00000192. The Bertz CT molecular complexity index is 719. The molecule has 1 saturated carbocycles. The molecule has 5 nitrogen and oxygen atoms in total. The highest BCUT2D eigenvalue weighted by atomic mass is 35.5. The molecule has 1 aliphatic rings. The lowest BCUT2D eigenvalue weighted by atomic mass is 9.96. The Hall–Kier alpha value is -1.11. The number of fused-ring (bicyclic) bond motifs is 1. The summed E-state index contributed by atoms with van der Waals surface area (Å²) in [4.78, 5) is 14.4. The van der Waals surface area contributed by atoms with E-state index in [0.717, 1.165) is 33.6 Å². The number of rotatable bonds is 5. The quantitative estimate of drug-likeness (QED) is 0.864. The topological polar surface area (TPSA) is 72.9 Å². The van der Waals surface area contributed by atoms with Crippen molar-refractivity contribution in [2.75, 3.05) is 6.54 Å². The summed E-state index contributed by atoms with van der Waals surface area (Å²) < 4.78 is 1.87. The van der Waals surface area contributed by atoms with Crippen molar-refractivity contribution in [3.63, 3.8) is 0 Å². The molecule has 1 fully saturated rings. The SMILES string of the molecule is CC(C)c1nn(C)c2sc(C(=O)NC(C)(CN)C3CC3)cc12.Cl. The lowest BCUT2D eigenvalue weighted by Crippen LogP contribution is -2.53. The summed E-state index contributed by atoms with van der Waals surface area (Å²) in [5, 5.41) is 8.80. The Morgan fingerprint density at radius 3 is 2.74 bits per heavy atom. The van der Waals surface area contributed by atoms with Crippen LogP contribution in [0, 0.1) is 5.92 Å². The van der Waals surface area contributed by atoms with Gasteiger partial charge in [-0.3, -0.25) is 9.48 Å². The maximum absolute atomic E-state index is 12.6. The summed E-state index contributed by atoms with van der Waals surface area (Å²) in [6.45, 7) is 6.78. The van der Waals surface area contributed by atoms with Crippen LogP contribution in [0.1, 0.15) is 54.9 Å². The standard InChI is InChI=1S/C16H24N4OS.ClH/c1-9(2)13-11-7-12(22-15(11)20(4)19-13)14(21)18-16(3,8-17)10-5-6-10;/h7,9-10H,5-6,8,17H2,1-4H3,(H,18,21);1H. The van der Waals surface area contributed by atoms with Gasteiger partial charge >= 0.3 is 0 Å². The molecule has 1 unspecified atom stereocenters. The molecule has 1 atom stereocenters. The van der Waals surface area contributed by atoms with E-state index in [-0.39, 0.29) is 23.9 Å². The van der Waals surface area contributed by atoms with Gasteiger partial charge < -0.3 is 11.1 Å². The first-order valence-electron chi connectivity index (χ1n) is 7.84. The molecule has 7 heteroatoms. The van der Waals surface area contributed by atoms with Crippen LogP contribution in [0.15, 0.2) is 6.07 Å². The minimum atomic E-state index is -0.285. The first-order valence-corrected chi connectivity index (χ1v) is 8.66. The monoisotopic (exact) mass is 356 g/mol. The van der Waals surface area contributed by atoms with Gasteiger partial charge in [0.25, 0.3) is 5.91 Å². The summed E-state index contributed by atoms with van der Waals surface area (Å²) in [6, 6.07) is 1.97. The van der Waals surface area contributed by atoms with E-state index in [2.05, 4.69) is 31.2 Å². The normalized spacial score (nSPS) is 17.1. The maximum Gasteiger partial charge on any atom is 0.261 e. The van der Waals surface area contributed by atoms with E-state index in [1.165, 1.54) is 11.3 Å². The summed E-state index contributed by atoms with van der Waals surface area (Å²) in [5.74, 6) is 0.842. The van der Waals surface area contributed by atoms with Gasteiger partial charge in [0.15, 0.2) is 0 Å². The number of nitrogens with two attached hydrogens (primary N) is 1. The molecule has 0 aromatic carbocycles. The highest BCUT2D eigenvalue weighted by molar-refractivity contribution is 7.20. The lowest BCUT2D eigenvalue weighted by molar-refractivity contribution is 0.0902. The van der Waals surface area contributed by atoms with Crippen molar-refractivity contribution in [3.05, 3.63) is 16.6 Å². The largest absolute Gasteiger partial charge is 0.345 e. The fourth-order valence-electron chi connectivity index (χ4n) is 2.97. The Morgan fingerprint density at radius 1 is 1.57 bits per heavy atom. The van der Waals surface area contributed by atoms with Crippen molar-refractivity contribution >= 4 is 39.9 Å². The minimum Gasteiger partial charge on any atom is -0.345 e. The van der Waals surface area contributed by atoms with Crippen LogP contribution in [-0.2, 0) is 7.05 Å². The van der Waals surface area contributed by atoms with Gasteiger partial charge in [-0.2, -0.15) is 5.10 Å². The van der Waals surface area contributed by atoms with E-state index in [4.69, 9.17) is 5.73 Å². The minimum absolute atomic E-state index is 0. The molecular formula is C16H25ClN4OS. The van der Waals surface area contributed by atoms with Crippen molar-refractivity contribution in [1.82, 2.24) is 15.1 Å². The molecule has 128 valence electrons. The van der Waals surface area contributed by atoms with Gasteiger partial charge in [-0.15, -0.1) is 23.7 Å². The van der Waals surface area contributed by atoms with E-state index < -0.39 is 0 Å². The number of carbonyl (C=O) groups is 1. The molecule has 3 rings (SSSR count). The van der Waals surface area contributed by atoms with Crippen LogP contribution < -0.4 is 11.1 Å². The number of halogens is 1. The Morgan fingerprint density at radius 2 is 2.22 bits per heavy atom. The molecule has 1 amide bonds. The molecule has 0 aliphatic heterocycles. The van der Waals surface area contributed by atoms with Crippen molar-refractivity contribution < 1.29 is 4.79 Å². The third-order valence-corrected chi connectivity index (χ3v) is 5.81. The number of aromatic nitrogens is 2. The molecule has 0 bridgehead atoms. The number of aryl methyl sites for hydroxylation is 1. The lowest BCUT2D eigenvalue weighted by Gasteiger charge is -2.29. The van der Waals surface area contributed by atoms with Gasteiger partial charge in [-0.05, 0) is 37.7 Å². The number of hydrogen-bond donors (Lipinski definition) is 2. The number of carbonyl (C=O) groups excluding carboxylic acids is 1. The first kappa shape index (κ1) is 18.2. The van der Waals surface area contributed by atoms with Crippen LogP contribution in [0.5, 0.6) is 0 Å². The van der Waals surface area contributed by atoms with Crippen LogP contribution in [0.25, 0.3) is 10.2 Å². The Kier molecular flexibility index (Phi) is 5.09. The summed E-state index contributed by atoms with van der Waals surface area (Å²) >= 11 is 1.50. The third-order valence-electron chi connectivity index (χ3n) is 4.61. The van der Waals surface area contributed by atoms with Gasteiger partial charge in [0, 0.05) is 19.0 Å². The number of amides is 1. The zero-order valence-electron chi connectivity index (χ0n) is 14.0. The second-order valence-electron chi connectivity index (χ2n) is 6.84. The second-order valence-corrected chi connectivity index (χ2v) is 7.87. The summed E-state index contributed by atoms with van der Waals surface area (Å²) in [6.07, 6.45) is 2.31. The van der Waals surface area contributed by atoms with E-state index in [9.17, 15) is 4.79 Å². The third kappa shape index (κ3) is 3.25. The predicted octanol–water partition coefficient (Wildman–Crippen LogP) is 3.04. The number of hydrogen-bond acceptors (Lipinski definition) is 4. The van der Waals surface area contributed by atoms with Crippen LogP contribution in [0.2, 0.25) is 0 Å². The van der Waals surface area contributed by atoms with E-state index in [1.54, 1.807) is 0 Å². The van der Waals surface area contributed by atoms with Gasteiger partial charge in [0.1, 0.15) is 4.83 Å². The van der Waals surface area contributed by atoms with Gasteiger partial charge in [-0.25, -0.2) is 0 Å². The van der Waals surface area contributed by atoms with E-state index in [1.807, 2.05) is 17.8 Å². The van der Waals surface area contributed by atoms with Gasteiger partial charge in [-0.1, -0.05) is 13.8 Å². The van der Waals surface area contributed by atoms with Crippen LogP contribution in [0.3, 0.4) is 0 Å². The highest BCUT2D eigenvalue weighted by Crippen LogP contribution is 2.39. The molecule has 3 N–H and O–H groups in total. The smallest absolute Gasteiger partial charge is 0.261 e. The fraction of sp³-hybridized carbons (Fsp3) is 0.625. The zero-order valence-corrected chi connectivity index (χ0v) is 15.7. The molecule has 0 spiro atoms. The van der Waals surface area contributed by atoms with Crippen molar-refractivity contribution in [2.45, 2.75) is 45.1 Å². The molecular weight excluding hydrogens is 332 g/mol. The zero-order chi connectivity index (χ0) is 16.1. The molecule has 0 radical (unpaired) electrons. The number of thiophene rings is 1. The van der Waals surface area contributed by atoms with Crippen molar-refractivity contribution in [3.8, 4) is 0 Å². The van der Waals surface area contributed by atoms with Crippen LogP contribution in [0.4, 0.5) is 0 Å². The van der Waals surface area contributed by atoms with E-state index >= 15 is 0 Å². The van der Waals surface area contributed by atoms with Crippen LogP contribution in [-0.4, -0.2) is 27.8 Å². The first-order chi connectivity index (χ1) is 10.4. The fourth-order valence-corrected chi connectivity index (χ4v) is 3.94. The second kappa shape index (κ2) is 6.42. The molecule has 0 saturated heterocycles. The number of nitrogens with zero attached hydrogens (tertiary/aromatic N) is 2. The summed E-state index contributed by atoms with van der Waals surface area (Å²) in [5.41, 5.74) is 6.66. The van der Waals surface area contributed by atoms with Gasteiger partial charge in [0.05, 0.1) is 16.1 Å². The molecule has 23 heavy (non-hydrogen) atoms. The molecule has 1 aliphatic carbocycles. The van der Waals surface area contributed by atoms with Crippen LogP contribution >= 0.6 is 23.7 Å². The van der Waals surface area contributed by atoms with Crippen molar-refractivity contribution in [2.24, 2.45) is 18.7 Å².